The smallest absolute Gasteiger partial charge is 0.423 e. The van der Waals surface area contributed by atoms with E-state index in [9.17, 15) is 9.59 Å². The first-order valence-electron chi connectivity index (χ1n) is 7.86. The van der Waals surface area contributed by atoms with Crippen LogP contribution in [-0.2, 0) is 9.53 Å². The Kier molecular flexibility index (Phi) is 4.53. The summed E-state index contributed by atoms with van der Waals surface area (Å²) < 4.78 is 5.33. The Morgan fingerprint density at radius 2 is 2.08 bits per heavy atom. The molecule has 0 aliphatic carbocycles. The molecule has 9 heteroatoms. The molecule has 0 fully saturated rings. The van der Waals surface area contributed by atoms with Gasteiger partial charge in [-0.05, 0) is 39.0 Å². The molecule has 134 valence electrons. The maximum Gasteiger partial charge on any atom is 0.423 e. The minimum atomic E-state index is -0.791. The Morgan fingerprint density at radius 1 is 1.27 bits per heavy atom. The molecule has 2 N–H and O–H groups in total. The largest absolute Gasteiger partial charge is 0.443 e. The van der Waals surface area contributed by atoms with E-state index in [1.54, 1.807) is 45.3 Å². The molecular weight excluding hydrogens is 336 g/mol. The number of imidazole rings is 2. The van der Waals surface area contributed by atoms with Gasteiger partial charge in [0, 0.05) is 6.20 Å². The average Bonchev–Trinajstić information content (AvgIpc) is 3.27. The lowest BCUT2D eigenvalue weighted by Crippen LogP contribution is -2.41. The van der Waals surface area contributed by atoms with Gasteiger partial charge >= 0.3 is 6.09 Å². The third kappa shape index (κ3) is 3.94. The van der Waals surface area contributed by atoms with E-state index < -0.39 is 17.6 Å². The van der Waals surface area contributed by atoms with Crippen LogP contribution < -0.4 is 0 Å². The number of carbonyl (C=O) groups is 2. The standard InChI is InChI=1S/C17H18N6O3/c1-17(2,3)26-16(25)23-14(5-4-11-7-18-9-20-11)22-13(15(23)24)6-12-8-19-10-21-12/h4-10H,1-3H3,(H,18,20)(H,19,21)/b5-4+,13-6-. The Bertz CT molecular complexity index is 886. The summed E-state index contributed by atoms with van der Waals surface area (Å²) in [5.74, 6) is -0.424. The summed E-state index contributed by atoms with van der Waals surface area (Å²) in [6.07, 6.45) is 10.1. The molecule has 0 bridgehead atoms. The molecule has 26 heavy (non-hydrogen) atoms. The van der Waals surface area contributed by atoms with E-state index in [0.29, 0.717) is 11.4 Å². The van der Waals surface area contributed by atoms with Gasteiger partial charge in [0.1, 0.15) is 17.1 Å². The quantitative estimate of drug-likeness (QED) is 0.821. The van der Waals surface area contributed by atoms with Crippen LogP contribution in [-0.4, -0.2) is 48.3 Å². The zero-order valence-corrected chi connectivity index (χ0v) is 14.6. The van der Waals surface area contributed by atoms with Crippen LogP contribution >= 0.6 is 0 Å². The van der Waals surface area contributed by atoms with Crippen LogP contribution in [0.4, 0.5) is 4.79 Å². The van der Waals surface area contributed by atoms with Crippen molar-refractivity contribution in [3.63, 3.8) is 0 Å². The van der Waals surface area contributed by atoms with Crippen molar-refractivity contribution >= 4 is 30.0 Å². The zero-order chi connectivity index (χ0) is 18.7. The fourth-order valence-corrected chi connectivity index (χ4v) is 2.14. The number of aromatic nitrogens is 4. The molecule has 0 atom stereocenters. The summed E-state index contributed by atoms with van der Waals surface area (Å²) in [6, 6.07) is 0. The van der Waals surface area contributed by atoms with Crippen LogP contribution in [0.5, 0.6) is 0 Å². The molecule has 0 spiro atoms. The number of aliphatic imine (C=N–C) groups is 1. The highest BCUT2D eigenvalue weighted by atomic mass is 16.6. The lowest BCUT2D eigenvalue weighted by molar-refractivity contribution is -0.122. The predicted octanol–water partition coefficient (Wildman–Crippen LogP) is 2.36. The van der Waals surface area contributed by atoms with Crippen LogP contribution in [0.2, 0.25) is 0 Å². The summed E-state index contributed by atoms with van der Waals surface area (Å²) in [5.41, 5.74) is 0.575. The average molecular weight is 354 g/mol. The van der Waals surface area contributed by atoms with E-state index in [-0.39, 0.29) is 11.5 Å². The molecule has 0 unspecified atom stereocenters. The monoisotopic (exact) mass is 354 g/mol. The first-order valence-corrected chi connectivity index (χ1v) is 7.86. The fraction of sp³-hybridized carbons (Fsp3) is 0.235. The van der Waals surface area contributed by atoms with Crippen LogP contribution in [0.1, 0.15) is 32.2 Å². The predicted molar refractivity (Wildman–Crippen MR) is 94.7 cm³/mol. The summed E-state index contributed by atoms with van der Waals surface area (Å²) in [4.78, 5) is 44.0. The second-order valence-electron chi connectivity index (χ2n) is 6.45. The lowest BCUT2D eigenvalue weighted by atomic mass is 10.2. The number of hydrogen-bond donors (Lipinski definition) is 2. The third-order valence-electron chi connectivity index (χ3n) is 3.20. The van der Waals surface area contributed by atoms with Gasteiger partial charge in [-0.25, -0.2) is 19.8 Å². The molecule has 0 saturated heterocycles. The van der Waals surface area contributed by atoms with Gasteiger partial charge in [-0.1, -0.05) is 0 Å². The number of imide groups is 1. The summed E-state index contributed by atoms with van der Waals surface area (Å²) in [7, 11) is 0. The van der Waals surface area contributed by atoms with Gasteiger partial charge in [0.2, 0.25) is 0 Å². The van der Waals surface area contributed by atoms with Crippen LogP contribution in [0.3, 0.4) is 0 Å². The molecule has 2 aromatic rings. The summed E-state index contributed by atoms with van der Waals surface area (Å²) in [5, 5.41) is 0. The SMILES string of the molecule is CC(C)(C)OC(=O)N1C(=O)/C(=C/c2c[nH]cn2)N=C1/C=C/c1cnc[nH]1. The maximum atomic E-state index is 12.7. The molecule has 0 aromatic carbocycles. The Labute approximate surface area is 149 Å². The Balaban J connectivity index is 1.93. The number of aromatic amines is 2. The van der Waals surface area contributed by atoms with Gasteiger partial charge in [0.05, 0.1) is 30.2 Å². The number of hydrogen-bond acceptors (Lipinski definition) is 6. The van der Waals surface area contributed by atoms with Gasteiger partial charge < -0.3 is 14.7 Å². The van der Waals surface area contributed by atoms with Crippen molar-refractivity contribution in [2.45, 2.75) is 26.4 Å². The van der Waals surface area contributed by atoms with Crippen molar-refractivity contribution in [2.24, 2.45) is 4.99 Å². The second kappa shape index (κ2) is 6.79. The van der Waals surface area contributed by atoms with Gasteiger partial charge in [0.15, 0.2) is 0 Å². The summed E-state index contributed by atoms with van der Waals surface area (Å²) >= 11 is 0. The van der Waals surface area contributed by atoms with E-state index in [1.807, 2.05) is 0 Å². The minimum Gasteiger partial charge on any atom is -0.443 e. The lowest BCUT2D eigenvalue weighted by Gasteiger charge is -2.23. The number of H-pyrrole nitrogens is 2. The molecule has 2 amide bonds. The van der Waals surface area contributed by atoms with E-state index in [2.05, 4.69) is 24.9 Å². The molecule has 9 nitrogen and oxygen atoms in total. The number of nitrogens with one attached hydrogen (secondary N) is 2. The maximum absolute atomic E-state index is 12.7. The van der Waals surface area contributed by atoms with Crippen molar-refractivity contribution in [1.82, 2.24) is 24.8 Å². The third-order valence-corrected chi connectivity index (χ3v) is 3.20. The minimum absolute atomic E-state index is 0.0900. The van der Waals surface area contributed by atoms with Crippen molar-refractivity contribution in [3.8, 4) is 0 Å². The zero-order valence-electron chi connectivity index (χ0n) is 14.6. The molecule has 2 aromatic heterocycles. The molecule has 0 saturated carbocycles. The Morgan fingerprint density at radius 3 is 2.69 bits per heavy atom. The first kappa shape index (κ1) is 17.3. The highest BCUT2D eigenvalue weighted by molar-refractivity contribution is 6.25. The van der Waals surface area contributed by atoms with E-state index in [1.165, 1.54) is 18.7 Å². The van der Waals surface area contributed by atoms with Gasteiger partial charge in [-0.15, -0.1) is 0 Å². The fourth-order valence-electron chi connectivity index (χ4n) is 2.14. The van der Waals surface area contributed by atoms with Crippen LogP contribution in [0, 0.1) is 0 Å². The highest BCUT2D eigenvalue weighted by Crippen LogP contribution is 2.21. The topological polar surface area (TPSA) is 116 Å². The van der Waals surface area contributed by atoms with Crippen molar-refractivity contribution in [2.75, 3.05) is 0 Å². The first-order chi connectivity index (χ1) is 12.3. The molecule has 3 rings (SSSR count). The van der Waals surface area contributed by atoms with Crippen molar-refractivity contribution in [1.29, 1.82) is 0 Å². The normalized spacial score (nSPS) is 16.6. The number of amidine groups is 1. The number of amides is 2. The van der Waals surface area contributed by atoms with Gasteiger partial charge in [0.25, 0.3) is 5.91 Å². The van der Waals surface area contributed by atoms with E-state index >= 15 is 0 Å². The van der Waals surface area contributed by atoms with Crippen molar-refractivity contribution < 1.29 is 14.3 Å². The van der Waals surface area contributed by atoms with Crippen LogP contribution in [0.25, 0.3) is 12.2 Å². The second-order valence-corrected chi connectivity index (χ2v) is 6.45. The van der Waals surface area contributed by atoms with E-state index in [0.717, 1.165) is 4.90 Å². The van der Waals surface area contributed by atoms with E-state index in [4.69, 9.17) is 4.74 Å². The number of nitrogens with zero attached hydrogens (tertiary/aromatic N) is 4. The van der Waals surface area contributed by atoms with Crippen LogP contribution in [0.15, 0.2) is 41.8 Å². The number of carbonyl (C=O) groups excluding carboxylic acids is 2. The number of ether oxygens (including phenoxy) is 1. The molecule has 0 radical (unpaired) electrons. The molecule has 1 aliphatic heterocycles. The van der Waals surface area contributed by atoms with Gasteiger partial charge in [-0.2, -0.15) is 4.90 Å². The molecule has 3 heterocycles. The highest BCUT2D eigenvalue weighted by Gasteiger charge is 2.37. The van der Waals surface area contributed by atoms with Crippen molar-refractivity contribution in [3.05, 3.63) is 48.2 Å². The molecule has 1 aliphatic rings. The Hall–Kier alpha value is -3.49. The summed E-state index contributed by atoms with van der Waals surface area (Å²) in [6.45, 7) is 5.18. The molecular formula is C17H18N6O3. The van der Waals surface area contributed by atoms with Gasteiger partial charge in [-0.3, -0.25) is 4.79 Å². The number of rotatable bonds is 3.